The van der Waals surface area contributed by atoms with Gasteiger partial charge in [0.05, 0.1) is 10.6 Å². The molecule has 2 rings (SSSR count). The van der Waals surface area contributed by atoms with Gasteiger partial charge in [-0.25, -0.2) is 0 Å². The van der Waals surface area contributed by atoms with Gasteiger partial charge in [0.15, 0.2) is 0 Å². The third-order valence-corrected chi connectivity index (χ3v) is 3.10. The Balaban J connectivity index is 2.23. The van der Waals surface area contributed by atoms with Crippen molar-refractivity contribution in [3.8, 4) is 0 Å². The van der Waals surface area contributed by atoms with E-state index < -0.39 is 10.8 Å². The lowest BCUT2D eigenvalue weighted by Gasteiger charge is -2.19. The molecule has 0 aliphatic heterocycles. The normalized spacial score (nSPS) is 18.0. The molecule has 0 heterocycles. The number of carbonyl (C=O) groups excluding carboxylic acids is 1. The number of nitro groups is 1. The highest BCUT2D eigenvalue weighted by atomic mass is 16.6. The Morgan fingerprint density at radius 3 is 2.84 bits per heavy atom. The maximum atomic E-state index is 12.1. The van der Waals surface area contributed by atoms with E-state index in [4.69, 9.17) is 5.73 Å². The zero-order valence-corrected chi connectivity index (χ0v) is 10.3. The molecule has 1 aromatic rings. The topological polar surface area (TPSA) is 98.3 Å². The number of hydrogen-bond donors (Lipinski definition) is 2. The molecule has 19 heavy (non-hydrogen) atoms. The lowest BCUT2D eigenvalue weighted by Crippen LogP contribution is -2.36. The Morgan fingerprint density at radius 1 is 1.42 bits per heavy atom. The molecule has 6 heteroatoms. The minimum Gasteiger partial charge on any atom is -0.398 e. The highest BCUT2D eigenvalue weighted by molar-refractivity contribution is 6.03. The number of rotatable bonds is 3. The van der Waals surface area contributed by atoms with Gasteiger partial charge in [0.25, 0.3) is 11.6 Å². The lowest BCUT2D eigenvalue weighted by molar-refractivity contribution is -0.385. The van der Waals surface area contributed by atoms with Gasteiger partial charge in [-0.15, -0.1) is 0 Å². The second kappa shape index (κ2) is 5.51. The molecule has 1 amide bonds. The van der Waals surface area contributed by atoms with Crippen LogP contribution < -0.4 is 11.1 Å². The van der Waals surface area contributed by atoms with Crippen molar-refractivity contribution in [3.63, 3.8) is 0 Å². The van der Waals surface area contributed by atoms with Gasteiger partial charge < -0.3 is 11.1 Å². The van der Waals surface area contributed by atoms with Gasteiger partial charge in [0.2, 0.25) is 0 Å². The van der Waals surface area contributed by atoms with Crippen molar-refractivity contribution in [2.75, 3.05) is 5.73 Å². The van der Waals surface area contributed by atoms with Gasteiger partial charge in [-0.2, -0.15) is 0 Å². The van der Waals surface area contributed by atoms with E-state index in [9.17, 15) is 14.9 Å². The maximum Gasteiger partial charge on any atom is 0.284 e. The van der Waals surface area contributed by atoms with Crippen LogP contribution in [0.25, 0.3) is 0 Å². The SMILES string of the molecule is Nc1cccc([N+](=O)[O-])c1C(=O)N[C@@H]1CC=CCC1. The van der Waals surface area contributed by atoms with Crippen molar-refractivity contribution in [1.29, 1.82) is 0 Å². The van der Waals surface area contributed by atoms with Gasteiger partial charge in [0.1, 0.15) is 5.56 Å². The first-order valence-electron chi connectivity index (χ1n) is 6.08. The molecule has 1 atom stereocenters. The van der Waals surface area contributed by atoms with Gasteiger partial charge in [0, 0.05) is 12.1 Å². The number of nitrogen functional groups attached to an aromatic ring is 1. The summed E-state index contributed by atoms with van der Waals surface area (Å²) in [5.41, 5.74) is 5.50. The molecule has 100 valence electrons. The fourth-order valence-electron chi connectivity index (χ4n) is 2.14. The van der Waals surface area contributed by atoms with Crippen LogP contribution in [0, 0.1) is 10.1 Å². The maximum absolute atomic E-state index is 12.1. The molecule has 0 bridgehead atoms. The number of carbonyl (C=O) groups is 1. The standard InChI is InChI=1S/C13H15N3O3/c14-10-7-4-8-11(16(18)19)12(10)13(17)15-9-5-2-1-3-6-9/h1-2,4,7-9H,3,5-6,14H2,(H,15,17)/t9-/m1/s1. The summed E-state index contributed by atoms with van der Waals surface area (Å²) in [4.78, 5) is 22.5. The molecule has 0 saturated heterocycles. The van der Waals surface area contributed by atoms with Crippen LogP contribution in [0.5, 0.6) is 0 Å². The number of benzene rings is 1. The van der Waals surface area contributed by atoms with Crippen LogP contribution in [0.2, 0.25) is 0 Å². The Morgan fingerprint density at radius 2 is 2.21 bits per heavy atom. The quantitative estimate of drug-likeness (QED) is 0.376. The molecule has 0 radical (unpaired) electrons. The Kier molecular flexibility index (Phi) is 3.79. The van der Waals surface area contributed by atoms with Crippen molar-refractivity contribution >= 4 is 17.3 Å². The van der Waals surface area contributed by atoms with Crippen LogP contribution in [-0.4, -0.2) is 16.9 Å². The molecule has 0 saturated carbocycles. The van der Waals surface area contributed by atoms with Crippen molar-refractivity contribution in [1.82, 2.24) is 5.32 Å². The average Bonchev–Trinajstić information content (AvgIpc) is 2.39. The van der Waals surface area contributed by atoms with Gasteiger partial charge in [-0.05, 0) is 25.3 Å². The van der Waals surface area contributed by atoms with E-state index in [1.165, 1.54) is 18.2 Å². The number of nitrogens with zero attached hydrogens (tertiary/aromatic N) is 1. The smallest absolute Gasteiger partial charge is 0.284 e. The molecule has 1 aliphatic rings. The Hall–Kier alpha value is -2.37. The second-order valence-electron chi connectivity index (χ2n) is 4.45. The molecular weight excluding hydrogens is 246 g/mol. The number of amides is 1. The first kappa shape index (κ1) is 13.1. The molecule has 1 aliphatic carbocycles. The van der Waals surface area contributed by atoms with Gasteiger partial charge >= 0.3 is 0 Å². The minimum absolute atomic E-state index is 0.0108. The molecular formula is C13H15N3O3. The molecule has 0 aromatic heterocycles. The minimum atomic E-state index is -0.591. The molecule has 0 unspecified atom stereocenters. The van der Waals surface area contributed by atoms with E-state index in [0.717, 1.165) is 19.3 Å². The highest BCUT2D eigenvalue weighted by Crippen LogP contribution is 2.24. The number of anilines is 1. The predicted molar refractivity (Wildman–Crippen MR) is 71.8 cm³/mol. The largest absolute Gasteiger partial charge is 0.398 e. The zero-order valence-electron chi connectivity index (χ0n) is 10.3. The number of nitrogens with one attached hydrogen (secondary N) is 1. The van der Waals surface area contributed by atoms with E-state index in [-0.39, 0.29) is 23.0 Å². The zero-order chi connectivity index (χ0) is 13.8. The van der Waals surface area contributed by atoms with Crippen LogP contribution in [-0.2, 0) is 0 Å². The molecule has 1 aromatic carbocycles. The fraction of sp³-hybridized carbons (Fsp3) is 0.308. The van der Waals surface area contributed by atoms with E-state index in [2.05, 4.69) is 11.4 Å². The van der Waals surface area contributed by atoms with Crippen molar-refractivity contribution in [2.45, 2.75) is 25.3 Å². The number of hydrogen-bond acceptors (Lipinski definition) is 4. The lowest BCUT2D eigenvalue weighted by atomic mass is 10.0. The summed E-state index contributed by atoms with van der Waals surface area (Å²) in [7, 11) is 0. The second-order valence-corrected chi connectivity index (χ2v) is 4.45. The van der Waals surface area contributed by atoms with Gasteiger partial charge in [-0.1, -0.05) is 18.2 Å². The van der Waals surface area contributed by atoms with Crippen LogP contribution in [0.1, 0.15) is 29.6 Å². The monoisotopic (exact) mass is 261 g/mol. The van der Waals surface area contributed by atoms with E-state index in [1.54, 1.807) is 0 Å². The van der Waals surface area contributed by atoms with E-state index in [0.29, 0.717) is 0 Å². The first-order chi connectivity index (χ1) is 9.09. The van der Waals surface area contributed by atoms with Gasteiger partial charge in [-0.3, -0.25) is 14.9 Å². The molecule has 0 fully saturated rings. The highest BCUT2D eigenvalue weighted by Gasteiger charge is 2.24. The summed E-state index contributed by atoms with van der Waals surface area (Å²) >= 11 is 0. The number of nitrogens with two attached hydrogens (primary N) is 1. The Bertz CT molecular complexity index is 540. The molecule has 0 spiro atoms. The Labute approximate surface area is 110 Å². The van der Waals surface area contributed by atoms with Crippen LogP contribution in [0.3, 0.4) is 0 Å². The first-order valence-corrected chi connectivity index (χ1v) is 6.08. The summed E-state index contributed by atoms with van der Waals surface area (Å²) in [6.07, 6.45) is 6.53. The van der Waals surface area contributed by atoms with Crippen LogP contribution >= 0.6 is 0 Å². The van der Waals surface area contributed by atoms with Crippen molar-refractivity contribution in [3.05, 3.63) is 46.0 Å². The molecule has 6 nitrogen and oxygen atoms in total. The van der Waals surface area contributed by atoms with Crippen LogP contribution in [0.15, 0.2) is 30.4 Å². The number of nitro benzene ring substituents is 1. The third-order valence-electron chi connectivity index (χ3n) is 3.10. The van der Waals surface area contributed by atoms with Crippen LogP contribution in [0.4, 0.5) is 11.4 Å². The fourth-order valence-corrected chi connectivity index (χ4v) is 2.14. The van der Waals surface area contributed by atoms with Crippen molar-refractivity contribution < 1.29 is 9.72 Å². The molecule has 3 N–H and O–H groups in total. The third kappa shape index (κ3) is 2.90. The average molecular weight is 261 g/mol. The summed E-state index contributed by atoms with van der Waals surface area (Å²) in [6, 6.07) is 4.25. The summed E-state index contributed by atoms with van der Waals surface area (Å²) in [5, 5.41) is 13.7. The van der Waals surface area contributed by atoms with E-state index >= 15 is 0 Å². The summed E-state index contributed by atoms with van der Waals surface area (Å²) in [5.74, 6) is -0.481. The summed E-state index contributed by atoms with van der Waals surface area (Å²) < 4.78 is 0. The van der Waals surface area contributed by atoms with Crippen molar-refractivity contribution in [2.24, 2.45) is 0 Å². The summed E-state index contributed by atoms with van der Waals surface area (Å²) in [6.45, 7) is 0. The predicted octanol–water partition coefficient (Wildman–Crippen LogP) is 2.02. The number of allylic oxidation sites excluding steroid dienone is 1. The van der Waals surface area contributed by atoms with E-state index in [1.807, 2.05) is 6.08 Å².